The lowest BCUT2D eigenvalue weighted by Crippen LogP contribution is -1.97. The SMILES string of the molecule is CCc1c(-c2ccccc2C)nn(-c2ccc(C)c(C)c2)c1O. The van der Waals surface area contributed by atoms with Crippen LogP contribution in [0.2, 0.25) is 0 Å². The smallest absolute Gasteiger partial charge is 0.218 e. The summed E-state index contributed by atoms with van der Waals surface area (Å²) in [6, 6.07) is 14.3. The summed E-state index contributed by atoms with van der Waals surface area (Å²) in [5.41, 5.74) is 7.29. The number of aromatic nitrogens is 2. The highest BCUT2D eigenvalue weighted by molar-refractivity contribution is 5.69. The van der Waals surface area contributed by atoms with Crippen LogP contribution in [0.5, 0.6) is 5.88 Å². The van der Waals surface area contributed by atoms with Crippen molar-refractivity contribution in [3.8, 4) is 22.8 Å². The quantitative estimate of drug-likeness (QED) is 0.759. The highest BCUT2D eigenvalue weighted by atomic mass is 16.3. The van der Waals surface area contributed by atoms with Crippen molar-refractivity contribution in [3.05, 3.63) is 64.7 Å². The molecule has 0 aliphatic heterocycles. The Morgan fingerprint density at radius 1 is 0.957 bits per heavy atom. The first kappa shape index (κ1) is 15.3. The molecule has 0 saturated heterocycles. The first-order valence-electron chi connectivity index (χ1n) is 7.97. The van der Waals surface area contributed by atoms with E-state index in [9.17, 15) is 5.11 Å². The molecule has 3 heteroatoms. The molecule has 3 aromatic rings. The number of aromatic hydroxyl groups is 1. The molecule has 0 fully saturated rings. The van der Waals surface area contributed by atoms with Gasteiger partial charge in [-0.3, -0.25) is 0 Å². The second-order valence-electron chi connectivity index (χ2n) is 6.00. The first-order valence-corrected chi connectivity index (χ1v) is 7.97. The monoisotopic (exact) mass is 306 g/mol. The van der Waals surface area contributed by atoms with Crippen LogP contribution in [0.1, 0.15) is 29.2 Å². The molecule has 0 aliphatic carbocycles. The predicted octanol–water partition coefficient (Wildman–Crippen LogP) is 4.73. The molecule has 1 heterocycles. The zero-order valence-electron chi connectivity index (χ0n) is 14.1. The second-order valence-corrected chi connectivity index (χ2v) is 6.00. The van der Waals surface area contributed by atoms with E-state index in [0.717, 1.165) is 34.5 Å². The Morgan fingerprint density at radius 2 is 1.70 bits per heavy atom. The fourth-order valence-electron chi connectivity index (χ4n) is 2.86. The van der Waals surface area contributed by atoms with Gasteiger partial charge in [0.05, 0.1) is 5.69 Å². The van der Waals surface area contributed by atoms with Crippen molar-refractivity contribution >= 4 is 0 Å². The van der Waals surface area contributed by atoms with E-state index in [2.05, 4.69) is 45.0 Å². The van der Waals surface area contributed by atoms with Gasteiger partial charge in [0.15, 0.2) is 0 Å². The highest BCUT2D eigenvalue weighted by Gasteiger charge is 2.19. The molecule has 1 aromatic heterocycles. The molecular formula is C20H22N2O. The number of hydrogen-bond donors (Lipinski definition) is 1. The van der Waals surface area contributed by atoms with Crippen molar-refractivity contribution in [3.63, 3.8) is 0 Å². The molecule has 0 saturated carbocycles. The van der Waals surface area contributed by atoms with Crippen LogP contribution in [-0.4, -0.2) is 14.9 Å². The molecule has 0 spiro atoms. The minimum Gasteiger partial charge on any atom is -0.493 e. The van der Waals surface area contributed by atoms with Gasteiger partial charge in [0.2, 0.25) is 5.88 Å². The van der Waals surface area contributed by atoms with E-state index in [4.69, 9.17) is 5.10 Å². The predicted molar refractivity (Wildman–Crippen MR) is 94.3 cm³/mol. The molecular weight excluding hydrogens is 284 g/mol. The minimum absolute atomic E-state index is 0.231. The van der Waals surface area contributed by atoms with Gasteiger partial charge >= 0.3 is 0 Å². The van der Waals surface area contributed by atoms with E-state index >= 15 is 0 Å². The molecule has 0 unspecified atom stereocenters. The van der Waals surface area contributed by atoms with Crippen LogP contribution in [0.4, 0.5) is 0 Å². The van der Waals surface area contributed by atoms with Gasteiger partial charge in [-0.25, -0.2) is 4.68 Å². The molecule has 0 radical (unpaired) electrons. The number of benzene rings is 2. The third-order valence-corrected chi connectivity index (χ3v) is 4.45. The summed E-state index contributed by atoms with van der Waals surface area (Å²) in [6.07, 6.45) is 0.736. The Morgan fingerprint density at radius 3 is 2.35 bits per heavy atom. The van der Waals surface area contributed by atoms with Crippen LogP contribution in [0.25, 0.3) is 16.9 Å². The first-order chi connectivity index (χ1) is 11.0. The van der Waals surface area contributed by atoms with Gasteiger partial charge in [0, 0.05) is 11.1 Å². The summed E-state index contributed by atoms with van der Waals surface area (Å²) in [5, 5.41) is 15.4. The van der Waals surface area contributed by atoms with Gasteiger partial charge in [-0.1, -0.05) is 37.3 Å². The fraction of sp³-hybridized carbons (Fsp3) is 0.250. The normalized spacial score (nSPS) is 11.0. The molecule has 118 valence electrons. The average molecular weight is 306 g/mol. The number of hydrogen-bond acceptors (Lipinski definition) is 2. The van der Waals surface area contributed by atoms with E-state index in [1.165, 1.54) is 11.1 Å². The van der Waals surface area contributed by atoms with Crippen LogP contribution in [0.3, 0.4) is 0 Å². The summed E-state index contributed by atoms with van der Waals surface area (Å²) in [4.78, 5) is 0. The summed E-state index contributed by atoms with van der Waals surface area (Å²) >= 11 is 0. The van der Waals surface area contributed by atoms with E-state index in [-0.39, 0.29) is 5.88 Å². The van der Waals surface area contributed by atoms with Crippen LogP contribution in [0, 0.1) is 20.8 Å². The summed E-state index contributed by atoms with van der Waals surface area (Å²) in [5.74, 6) is 0.231. The maximum absolute atomic E-state index is 10.7. The lowest BCUT2D eigenvalue weighted by atomic mass is 10.0. The number of rotatable bonds is 3. The van der Waals surface area contributed by atoms with Gasteiger partial charge in [-0.15, -0.1) is 0 Å². The molecule has 0 atom stereocenters. The maximum Gasteiger partial charge on any atom is 0.218 e. The highest BCUT2D eigenvalue weighted by Crippen LogP contribution is 2.34. The van der Waals surface area contributed by atoms with Crippen LogP contribution in [0.15, 0.2) is 42.5 Å². The second kappa shape index (κ2) is 5.92. The zero-order chi connectivity index (χ0) is 16.6. The van der Waals surface area contributed by atoms with Crippen LogP contribution < -0.4 is 0 Å². The Balaban J connectivity index is 2.21. The Kier molecular flexibility index (Phi) is 3.95. The topological polar surface area (TPSA) is 38.0 Å². The Hall–Kier alpha value is -2.55. The number of aryl methyl sites for hydroxylation is 3. The third kappa shape index (κ3) is 2.63. The van der Waals surface area contributed by atoms with Crippen molar-refractivity contribution in [2.24, 2.45) is 0 Å². The average Bonchev–Trinajstić information content (AvgIpc) is 2.87. The van der Waals surface area contributed by atoms with E-state index < -0.39 is 0 Å². The Bertz CT molecular complexity index is 862. The van der Waals surface area contributed by atoms with Crippen molar-refractivity contribution in [2.75, 3.05) is 0 Å². The van der Waals surface area contributed by atoms with Crippen molar-refractivity contribution < 1.29 is 5.11 Å². The molecule has 23 heavy (non-hydrogen) atoms. The van der Waals surface area contributed by atoms with Gasteiger partial charge < -0.3 is 5.11 Å². The molecule has 3 nitrogen and oxygen atoms in total. The lowest BCUT2D eigenvalue weighted by molar-refractivity contribution is 0.428. The summed E-state index contributed by atoms with van der Waals surface area (Å²) in [7, 11) is 0. The van der Waals surface area contributed by atoms with Crippen molar-refractivity contribution in [1.82, 2.24) is 9.78 Å². The summed E-state index contributed by atoms with van der Waals surface area (Å²) < 4.78 is 1.65. The number of nitrogens with zero attached hydrogens (tertiary/aromatic N) is 2. The van der Waals surface area contributed by atoms with Crippen molar-refractivity contribution in [2.45, 2.75) is 34.1 Å². The molecule has 0 bridgehead atoms. The summed E-state index contributed by atoms with van der Waals surface area (Å²) in [6.45, 7) is 8.27. The lowest BCUT2D eigenvalue weighted by Gasteiger charge is -2.06. The van der Waals surface area contributed by atoms with E-state index in [0.29, 0.717) is 0 Å². The van der Waals surface area contributed by atoms with Gasteiger partial charge in [0.1, 0.15) is 5.69 Å². The standard InChI is InChI=1S/C20H22N2O/c1-5-17-19(18-9-7-6-8-14(18)3)21-22(20(17)23)16-11-10-13(2)15(4)12-16/h6-12,23H,5H2,1-4H3. The van der Waals surface area contributed by atoms with Crippen LogP contribution >= 0.6 is 0 Å². The van der Waals surface area contributed by atoms with Crippen LogP contribution in [-0.2, 0) is 6.42 Å². The fourth-order valence-corrected chi connectivity index (χ4v) is 2.86. The zero-order valence-corrected chi connectivity index (χ0v) is 14.1. The van der Waals surface area contributed by atoms with Gasteiger partial charge in [0.25, 0.3) is 0 Å². The molecule has 2 aromatic carbocycles. The Labute approximate surface area is 137 Å². The molecule has 0 aliphatic rings. The molecule has 3 rings (SSSR count). The van der Waals surface area contributed by atoms with Gasteiger partial charge in [-0.2, -0.15) is 5.10 Å². The van der Waals surface area contributed by atoms with E-state index in [1.54, 1.807) is 4.68 Å². The maximum atomic E-state index is 10.7. The van der Waals surface area contributed by atoms with Gasteiger partial charge in [-0.05, 0) is 56.0 Å². The molecule has 0 amide bonds. The third-order valence-electron chi connectivity index (χ3n) is 4.45. The minimum atomic E-state index is 0.231. The van der Waals surface area contributed by atoms with Crippen molar-refractivity contribution in [1.29, 1.82) is 0 Å². The largest absolute Gasteiger partial charge is 0.493 e. The molecule has 1 N–H and O–H groups in total. The van der Waals surface area contributed by atoms with E-state index in [1.807, 2.05) is 25.1 Å².